The van der Waals surface area contributed by atoms with E-state index in [9.17, 15) is 4.79 Å². The van der Waals surface area contributed by atoms with Gasteiger partial charge in [0, 0.05) is 45.4 Å². The molecule has 3 heterocycles. The van der Waals surface area contributed by atoms with Crippen LogP contribution in [-0.2, 0) is 11.8 Å². The molecule has 0 saturated heterocycles. The van der Waals surface area contributed by atoms with E-state index >= 15 is 4.39 Å². The summed E-state index contributed by atoms with van der Waals surface area (Å²) in [6.07, 6.45) is 4.49. The number of nitrogens with one attached hydrogen (secondary N) is 1. The van der Waals surface area contributed by atoms with Crippen LogP contribution >= 0.6 is 11.6 Å². The molecule has 6 rings (SSSR count). The smallest absolute Gasteiger partial charge is 0.322 e. The van der Waals surface area contributed by atoms with E-state index in [2.05, 4.69) is 31.8 Å². The lowest BCUT2D eigenvalue weighted by molar-refractivity contribution is -0.113. The summed E-state index contributed by atoms with van der Waals surface area (Å²) in [6, 6.07) is 10.4. The summed E-state index contributed by atoms with van der Waals surface area (Å²) in [5.74, 6) is -1.05. The van der Waals surface area contributed by atoms with Crippen molar-refractivity contribution in [3.63, 3.8) is 0 Å². The zero-order valence-electron chi connectivity index (χ0n) is 24.8. The maximum atomic E-state index is 15.5. The molecule has 0 radical (unpaired) electrons. The molecule has 0 spiro atoms. The lowest BCUT2D eigenvalue weighted by Gasteiger charge is -2.13. The van der Waals surface area contributed by atoms with Crippen LogP contribution in [0.15, 0.2) is 67.1 Å². The molecular formula is C30H25ClFN7O2. The van der Waals surface area contributed by atoms with Crippen molar-refractivity contribution in [1.29, 1.82) is 0 Å². The van der Waals surface area contributed by atoms with Crippen LogP contribution in [-0.4, -0.2) is 30.4 Å². The van der Waals surface area contributed by atoms with Crippen molar-refractivity contribution < 1.29 is 18.0 Å². The number of nitrogen functional groups attached to an aromatic ring is 1. The molecule has 206 valence electrons. The van der Waals surface area contributed by atoms with Crippen LogP contribution in [0.5, 0.6) is 11.8 Å². The van der Waals surface area contributed by atoms with Crippen LogP contribution < -0.4 is 15.8 Å². The van der Waals surface area contributed by atoms with E-state index in [1.165, 1.54) is 24.4 Å². The first-order valence-electron chi connectivity index (χ1n) is 14.1. The fourth-order valence-electron chi connectivity index (χ4n) is 4.60. The number of nitrogens with two attached hydrogens (primary N) is 1. The molecule has 1 amide bonds. The van der Waals surface area contributed by atoms with Crippen molar-refractivity contribution in [2.75, 3.05) is 11.1 Å². The molecule has 0 unspecified atom stereocenters. The number of hydrogen-bond donors (Lipinski definition) is 2. The van der Waals surface area contributed by atoms with Gasteiger partial charge in [-0.2, -0.15) is 0 Å². The summed E-state index contributed by atoms with van der Waals surface area (Å²) in [5, 5.41) is 3.11. The number of carbonyl (C=O) groups excluding carboxylic acids is 1. The minimum absolute atomic E-state index is 0.00516. The van der Waals surface area contributed by atoms with Gasteiger partial charge in [-0.3, -0.25) is 4.79 Å². The van der Waals surface area contributed by atoms with Crippen LogP contribution in [0.3, 0.4) is 0 Å². The van der Waals surface area contributed by atoms with Crippen molar-refractivity contribution in [2.45, 2.75) is 19.8 Å². The summed E-state index contributed by atoms with van der Waals surface area (Å²) >= 11 is 6.76. The molecule has 1 fully saturated rings. The molecule has 0 bridgehead atoms. The predicted molar refractivity (Wildman–Crippen MR) is 156 cm³/mol. The molecule has 11 heteroatoms. The Morgan fingerprint density at radius 2 is 2.05 bits per heavy atom. The normalized spacial score (nSPS) is 14.3. The molecule has 3 aromatic heterocycles. The SMILES string of the molecule is [2H]C([2H])([2H])n1c(-c2ccc(NC(=O)C(=C)C3CC3)cc2Cl)c(-c2ccc(Oc3nccc(C)n3)c(F)c2)c2c(N)ncnc21. The third-order valence-corrected chi connectivity index (χ3v) is 7.13. The number of fused-ring (bicyclic) bond motifs is 1. The van der Waals surface area contributed by atoms with Gasteiger partial charge in [-0.15, -0.1) is 0 Å². The topological polar surface area (TPSA) is 121 Å². The van der Waals surface area contributed by atoms with Crippen LogP contribution in [0.4, 0.5) is 15.9 Å². The Labute approximate surface area is 244 Å². The van der Waals surface area contributed by atoms with Gasteiger partial charge in [-0.1, -0.05) is 24.2 Å². The summed E-state index contributed by atoms with van der Waals surface area (Å²) in [5.41, 5.74) is 8.71. The van der Waals surface area contributed by atoms with Gasteiger partial charge in [0.1, 0.15) is 17.8 Å². The first-order chi connectivity index (χ1) is 20.9. The van der Waals surface area contributed by atoms with Gasteiger partial charge >= 0.3 is 6.01 Å². The van der Waals surface area contributed by atoms with E-state index in [0.29, 0.717) is 17.0 Å². The quantitative estimate of drug-likeness (QED) is 0.214. The van der Waals surface area contributed by atoms with Crippen molar-refractivity contribution in [3.8, 4) is 34.1 Å². The van der Waals surface area contributed by atoms with E-state index < -0.39 is 12.8 Å². The van der Waals surface area contributed by atoms with E-state index in [1.54, 1.807) is 31.2 Å². The number of hydrogen-bond acceptors (Lipinski definition) is 7. The zero-order valence-corrected chi connectivity index (χ0v) is 22.5. The number of anilines is 2. The second-order valence-electron chi connectivity index (χ2n) is 9.69. The molecular weight excluding hydrogens is 545 g/mol. The predicted octanol–water partition coefficient (Wildman–Crippen LogP) is 6.47. The van der Waals surface area contributed by atoms with Gasteiger partial charge in [0.05, 0.1) is 16.1 Å². The standard InChI is InChI=1S/C30H25ClFN7O2/c1-15-10-11-34-30(37-15)41-23-9-6-18(12-22(23)32)24-25-27(33)35-14-36-28(25)39(3)26(24)20-8-7-19(13-21(20)31)38-29(40)16(2)17-4-5-17/h6-14,17H,2,4-5H2,1,3H3,(H,38,40)(H2,33,35,36)/i3D3. The molecule has 1 saturated carbocycles. The molecule has 0 atom stereocenters. The first-order valence-corrected chi connectivity index (χ1v) is 13.0. The highest BCUT2D eigenvalue weighted by atomic mass is 35.5. The molecule has 2 aromatic carbocycles. The number of carbonyl (C=O) groups is 1. The zero-order chi connectivity index (χ0) is 31.3. The van der Waals surface area contributed by atoms with E-state index in [4.69, 9.17) is 26.2 Å². The number of benzene rings is 2. The lowest BCUT2D eigenvalue weighted by Crippen LogP contribution is -2.14. The molecule has 41 heavy (non-hydrogen) atoms. The van der Waals surface area contributed by atoms with E-state index in [0.717, 1.165) is 23.7 Å². The fraction of sp³-hybridized carbons (Fsp3) is 0.167. The third kappa shape index (κ3) is 4.98. The summed E-state index contributed by atoms with van der Waals surface area (Å²) in [7, 11) is 0. The van der Waals surface area contributed by atoms with Crippen molar-refractivity contribution in [2.24, 2.45) is 12.9 Å². The number of aryl methyl sites for hydroxylation is 2. The highest BCUT2D eigenvalue weighted by Gasteiger charge is 2.29. The second kappa shape index (κ2) is 10.3. The fourth-order valence-corrected chi connectivity index (χ4v) is 4.87. The second-order valence-corrected chi connectivity index (χ2v) is 10.1. The number of rotatable bonds is 7. The Morgan fingerprint density at radius 1 is 1.22 bits per heavy atom. The van der Waals surface area contributed by atoms with Crippen LogP contribution in [0.1, 0.15) is 22.6 Å². The number of amides is 1. The Hall–Kier alpha value is -4.83. The maximum absolute atomic E-state index is 15.5. The Morgan fingerprint density at radius 3 is 2.76 bits per heavy atom. The van der Waals surface area contributed by atoms with E-state index in [-0.39, 0.29) is 67.8 Å². The maximum Gasteiger partial charge on any atom is 0.322 e. The van der Waals surface area contributed by atoms with Crippen LogP contribution in [0.25, 0.3) is 33.4 Å². The first kappa shape index (κ1) is 22.9. The van der Waals surface area contributed by atoms with Gasteiger partial charge in [-0.05, 0) is 67.6 Å². The minimum atomic E-state index is -2.76. The molecule has 1 aliphatic rings. The lowest BCUT2D eigenvalue weighted by atomic mass is 9.98. The van der Waals surface area contributed by atoms with Gasteiger partial charge < -0.3 is 20.4 Å². The number of halogens is 2. The number of nitrogens with zero attached hydrogens (tertiary/aromatic N) is 5. The summed E-state index contributed by atoms with van der Waals surface area (Å²) in [4.78, 5) is 29.1. The Bertz CT molecular complexity index is 1970. The average Bonchev–Trinajstić information content (AvgIpc) is 3.74. The molecule has 3 N–H and O–H groups in total. The van der Waals surface area contributed by atoms with Gasteiger partial charge in [0.25, 0.3) is 5.91 Å². The average molecular weight is 573 g/mol. The van der Waals surface area contributed by atoms with Crippen molar-refractivity contribution >= 4 is 40.0 Å². The van der Waals surface area contributed by atoms with Gasteiger partial charge in [0.2, 0.25) is 0 Å². The summed E-state index contributed by atoms with van der Waals surface area (Å²) < 4.78 is 47.3. The molecule has 5 aromatic rings. The Balaban J connectivity index is 1.51. The molecule has 0 aliphatic heterocycles. The molecule has 9 nitrogen and oxygen atoms in total. The van der Waals surface area contributed by atoms with Crippen molar-refractivity contribution in [1.82, 2.24) is 24.5 Å². The third-order valence-electron chi connectivity index (χ3n) is 6.82. The van der Waals surface area contributed by atoms with E-state index in [1.807, 2.05) is 0 Å². The monoisotopic (exact) mass is 572 g/mol. The van der Waals surface area contributed by atoms with Crippen LogP contribution in [0, 0.1) is 18.7 Å². The van der Waals surface area contributed by atoms with Crippen molar-refractivity contribution in [3.05, 3.63) is 83.7 Å². The minimum Gasteiger partial charge on any atom is -0.421 e. The number of ether oxygens (including phenoxy) is 1. The summed E-state index contributed by atoms with van der Waals surface area (Å²) in [6.45, 7) is 2.87. The molecule has 1 aliphatic carbocycles. The Kier molecular flexibility index (Phi) is 5.76. The largest absolute Gasteiger partial charge is 0.421 e. The highest BCUT2D eigenvalue weighted by molar-refractivity contribution is 6.34. The van der Waals surface area contributed by atoms with Crippen LogP contribution in [0.2, 0.25) is 5.02 Å². The number of aromatic nitrogens is 5. The highest BCUT2D eigenvalue weighted by Crippen LogP contribution is 2.45. The van der Waals surface area contributed by atoms with Gasteiger partial charge in [-0.25, -0.2) is 24.3 Å². The van der Waals surface area contributed by atoms with Gasteiger partial charge in [0.15, 0.2) is 11.6 Å².